The number of rotatable bonds is 5. The van der Waals surface area contributed by atoms with Gasteiger partial charge in [0.1, 0.15) is 5.75 Å². The Balaban J connectivity index is 2.67. The number of ether oxygens (including phenoxy) is 1. The number of hydrogen-bond donors (Lipinski definition) is 1. The fourth-order valence-corrected chi connectivity index (χ4v) is 2.24. The minimum Gasteiger partial charge on any atom is -0.494 e. The average molecular weight is 269 g/mol. The molecule has 0 saturated heterocycles. The molecule has 18 heavy (non-hydrogen) atoms. The third kappa shape index (κ3) is 4.42. The van der Waals surface area contributed by atoms with Crippen molar-refractivity contribution in [2.24, 2.45) is 0 Å². The lowest BCUT2D eigenvalue weighted by Gasteiger charge is -2.22. The molecule has 0 aliphatic heterocycles. The smallest absolute Gasteiger partial charge is 0.119 e. The maximum absolute atomic E-state index is 12.0. The Bertz CT molecular complexity index is 395. The van der Waals surface area contributed by atoms with E-state index in [2.05, 4.69) is 4.72 Å². The van der Waals surface area contributed by atoms with E-state index in [1.54, 1.807) is 0 Å². The predicted octanol–water partition coefficient (Wildman–Crippen LogP) is 3.20. The van der Waals surface area contributed by atoms with Crippen molar-refractivity contribution in [3.63, 3.8) is 0 Å². The molecule has 0 aliphatic carbocycles. The molecular weight excluding hydrogens is 246 g/mol. The first-order valence-corrected chi connectivity index (χ1v) is 7.40. The summed E-state index contributed by atoms with van der Waals surface area (Å²) in [6, 6.07) is 7.94. The number of hydrogen-bond acceptors (Lipinski definition) is 2. The molecule has 0 amide bonds. The first kappa shape index (κ1) is 15.2. The highest BCUT2D eigenvalue weighted by atomic mass is 32.2. The van der Waals surface area contributed by atoms with Crippen molar-refractivity contribution in [1.82, 2.24) is 4.72 Å². The van der Waals surface area contributed by atoms with Crippen LogP contribution in [0.2, 0.25) is 0 Å². The van der Waals surface area contributed by atoms with Crippen LogP contribution in [0, 0.1) is 0 Å². The van der Waals surface area contributed by atoms with Crippen LogP contribution >= 0.6 is 0 Å². The SMILES string of the molecule is CCOc1ccc(C(C)NS(=O)C(C)(C)C)cc1. The molecule has 2 atom stereocenters. The first-order valence-electron chi connectivity index (χ1n) is 6.25. The van der Waals surface area contributed by atoms with Gasteiger partial charge in [-0.25, -0.2) is 8.93 Å². The molecule has 1 rings (SSSR count). The minimum absolute atomic E-state index is 0.0562. The molecule has 3 nitrogen and oxygen atoms in total. The first-order chi connectivity index (χ1) is 8.34. The van der Waals surface area contributed by atoms with Gasteiger partial charge in [0, 0.05) is 6.04 Å². The van der Waals surface area contributed by atoms with Gasteiger partial charge in [-0.3, -0.25) is 0 Å². The fourth-order valence-electron chi connectivity index (χ4n) is 1.42. The van der Waals surface area contributed by atoms with E-state index < -0.39 is 11.0 Å². The monoisotopic (exact) mass is 269 g/mol. The van der Waals surface area contributed by atoms with Crippen LogP contribution in [0.3, 0.4) is 0 Å². The lowest BCUT2D eigenvalue weighted by Crippen LogP contribution is -2.34. The topological polar surface area (TPSA) is 38.3 Å². The van der Waals surface area contributed by atoms with Gasteiger partial charge in [0.15, 0.2) is 0 Å². The van der Waals surface area contributed by atoms with E-state index in [1.807, 2.05) is 58.9 Å². The lowest BCUT2D eigenvalue weighted by atomic mass is 10.1. The third-order valence-electron chi connectivity index (χ3n) is 2.53. The van der Waals surface area contributed by atoms with Gasteiger partial charge in [-0.1, -0.05) is 12.1 Å². The fraction of sp³-hybridized carbons (Fsp3) is 0.571. The highest BCUT2D eigenvalue weighted by Gasteiger charge is 2.21. The van der Waals surface area contributed by atoms with Crippen LogP contribution in [0.5, 0.6) is 5.75 Å². The molecule has 1 aromatic rings. The highest BCUT2D eigenvalue weighted by molar-refractivity contribution is 7.84. The lowest BCUT2D eigenvalue weighted by molar-refractivity contribution is 0.340. The molecule has 0 aromatic heterocycles. The summed E-state index contributed by atoms with van der Waals surface area (Å²) >= 11 is 0. The Kier molecular flexibility index (Phi) is 5.35. The van der Waals surface area contributed by atoms with Crippen LogP contribution in [0.1, 0.15) is 46.2 Å². The Labute approximate surface area is 113 Å². The molecule has 0 saturated carbocycles. The molecule has 2 unspecified atom stereocenters. The Morgan fingerprint density at radius 3 is 2.28 bits per heavy atom. The highest BCUT2D eigenvalue weighted by Crippen LogP contribution is 2.19. The van der Waals surface area contributed by atoms with Crippen LogP contribution in [0.15, 0.2) is 24.3 Å². The van der Waals surface area contributed by atoms with Crippen molar-refractivity contribution in [3.05, 3.63) is 29.8 Å². The second-order valence-corrected chi connectivity index (χ2v) is 7.22. The minimum atomic E-state index is -1.06. The van der Waals surface area contributed by atoms with Gasteiger partial charge < -0.3 is 4.74 Å². The van der Waals surface area contributed by atoms with E-state index >= 15 is 0 Å². The summed E-state index contributed by atoms with van der Waals surface area (Å²) in [7, 11) is -1.06. The molecule has 0 bridgehead atoms. The van der Waals surface area contributed by atoms with Gasteiger partial charge >= 0.3 is 0 Å². The summed E-state index contributed by atoms with van der Waals surface area (Å²) in [5, 5.41) is 0. The van der Waals surface area contributed by atoms with E-state index in [0.29, 0.717) is 6.61 Å². The van der Waals surface area contributed by atoms with Crippen LogP contribution in [-0.2, 0) is 11.0 Å². The maximum Gasteiger partial charge on any atom is 0.119 e. The summed E-state index contributed by atoms with van der Waals surface area (Å²) in [4.78, 5) is 0. The van der Waals surface area contributed by atoms with E-state index in [9.17, 15) is 4.21 Å². The third-order valence-corrected chi connectivity index (χ3v) is 4.21. The zero-order chi connectivity index (χ0) is 13.8. The molecule has 1 aromatic carbocycles. The standard InChI is InChI=1S/C14H23NO2S/c1-6-17-13-9-7-12(8-10-13)11(2)15-18(16)14(3,4)5/h7-11,15H,6H2,1-5H3. The zero-order valence-corrected chi connectivity index (χ0v) is 12.6. The number of benzene rings is 1. The average Bonchev–Trinajstić information content (AvgIpc) is 2.29. The van der Waals surface area contributed by atoms with E-state index in [0.717, 1.165) is 11.3 Å². The Morgan fingerprint density at radius 2 is 1.83 bits per heavy atom. The van der Waals surface area contributed by atoms with Gasteiger partial charge in [-0.2, -0.15) is 0 Å². The van der Waals surface area contributed by atoms with Gasteiger partial charge in [-0.15, -0.1) is 0 Å². The second-order valence-electron chi connectivity index (χ2n) is 5.22. The summed E-state index contributed by atoms with van der Waals surface area (Å²) in [5.41, 5.74) is 1.11. The summed E-state index contributed by atoms with van der Waals surface area (Å²) < 4.78 is 20.3. The molecule has 0 heterocycles. The second kappa shape index (κ2) is 6.34. The van der Waals surface area contributed by atoms with E-state index in [-0.39, 0.29) is 10.8 Å². The molecule has 4 heteroatoms. The van der Waals surface area contributed by atoms with Gasteiger partial charge in [0.2, 0.25) is 0 Å². The van der Waals surface area contributed by atoms with Crippen molar-refractivity contribution in [2.45, 2.75) is 45.4 Å². The molecule has 0 spiro atoms. The predicted molar refractivity (Wildman–Crippen MR) is 77.1 cm³/mol. The van der Waals surface area contributed by atoms with E-state index in [4.69, 9.17) is 4.74 Å². The molecule has 0 radical (unpaired) electrons. The largest absolute Gasteiger partial charge is 0.494 e. The van der Waals surface area contributed by atoms with Gasteiger partial charge in [0.05, 0.1) is 22.3 Å². The number of nitrogens with one attached hydrogen (secondary N) is 1. The molecule has 0 fully saturated rings. The normalized spacial score (nSPS) is 15.2. The van der Waals surface area contributed by atoms with Crippen LogP contribution in [0.4, 0.5) is 0 Å². The van der Waals surface area contributed by atoms with Crippen molar-refractivity contribution in [2.75, 3.05) is 6.61 Å². The van der Waals surface area contributed by atoms with Crippen molar-refractivity contribution in [3.8, 4) is 5.75 Å². The van der Waals surface area contributed by atoms with Crippen molar-refractivity contribution < 1.29 is 8.95 Å². The quantitative estimate of drug-likeness (QED) is 0.891. The summed E-state index contributed by atoms with van der Waals surface area (Å²) in [6.07, 6.45) is 0. The van der Waals surface area contributed by atoms with E-state index in [1.165, 1.54) is 0 Å². The van der Waals surface area contributed by atoms with Crippen LogP contribution in [-0.4, -0.2) is 15.6 Å². The van der Waals surface area contributed by atoms with Crippen LogP contribution < -0.4 is 9.46 Å². The maximum atomic E-state index is 12.0. The Morgan fingerprint density at radius 1 is 1.28 bits per heavy atom. The van der Waals surface area contributed by atoms with Gasteiger partial charge in [-0.05, 0) is 52.3 Å². The molecule has 1 N–H and O–H groups in total. The summed E-state index contributed by atoms with van der Waals surface area (Å²) in [5.74, 6) is 0.866. The molecule has 102 valence electrons. The van der Waals surface area contributed by atoms with Crippen molar-refractivity contribution >= 4 is 11.0 Å². The van der Waals surface area contributed by atoms with Crippen molar-refractivity contribution in [1.29, 1.82) is 0 Å². The van der Waals surface area contributed by atoms with Gasteiger partial charge in [0.25, 0.3) is 0 Å². The molecule has 0 aliphatic rings. The van der Waals surface area contributed by atoms with Crippen LogP contribution in [0.25, 0.3) is 0 Å². The Hall–Kier alpha value is -0.870. The zero-order valence-electron chi connectivity index (χ0n) is 11.8. The summed E-state index contributed by atoms with van der Waals surface area (Å²) in [6.45, 7) is 10.5. The molecular formula is C14H23NO2S.